The molecule has 2 nitrogen and oxygen atoms in total. The molecule has 0 fully saturated rings. The lowest BCUT2D eigenvalue weighted by atomic mass is 9.97. The second-order valence-corrected chi connectivity index (χ2v) is 3.94. The molecule has 80 valence electrons. The minimum atomic E-state index is -0.789. The smallest absolute Gasteiger partial charge is 0.310 e. The topological polar surface area (TPSA) is 37.3 Å². The zero-order valence-corrected chi connectivity index (χ0v) is 9.16. The number of carboxylic acid groups (broad SMARTS) is 1. The first-order valence-corrected chi connectivity index (χ1v) is 4.96. The van der Waals surface area contributed by atoms with E-state index in [1.807, 2.05) is 31.2 Å². The number of hydrogen-bond acceptors (Lipinski definition) is 1. The molecule has 1 atom stereocenters. The summed E-state index contributed by atoms with van der Waals surface area (Å²) in [5.41, 5.74) is 3.05. The van der Waals surface area contributed by atoms with Gasteiger partial charge < -0.3 is 5.11 Å². The highest BCUT2D eigenvalue weighted by Gasteiger charge is 2.13. The maximum absolute atomic E-state index is 10.8. The normalized spacial score (nSPS) is 12.1. The van der Waals surface area contributed by atoms with Gasteiger partial charge in [-0.2, -0.15) is 0 Å². The Morgan fingerprint density at radius 3 is 2.73 bits per heavy atom. The molecule has 0 unspecified atom stereocenters. The molecule has 0 aliphatic heterocycles. The summed E-state index contributed by atoms with van der Waals surface area (Å²) in [4.78, 5) is 10.8. The minimum Gasteiger partial charge on any atom is -0.481 e. The highest BCUT2D eigenvalue weighted by molar-refractivity contribution is 5.75. The van der Waals surface area contributed by atoms with Gasteiger partial charge in [0.05, 0.1) is 5.92 Å². The average Bonchev–Trinajstić information content (AvgIpc) is 2.16. The van der Waals surface area contributed by atoms with Crippen LogP contribution in [0, 0.1) is 0 Å². The van der Waals surface area contributed by atoms with Crippen LogP contribution in [0.4, 0.5) is 0 Å². The van der Waals surface area contributed by atoms with Crippen molar-refractivity contribution >= 4 is 5.97 Å². The Bertz CT molecular complexity index is 380. The first-order chi connectivity index (χ1) is 7.00. The molecule has 0 saturated heterocycles. The molecule has 0 aromatic heterocycles. The molecule has 0 amide bonds. The number of rotatable bonds is 4. The van der Waals surface area contributed by atoms with E-state index in [9.17, 15) is 4.79 Å². The number of aliphatic carboxylic acids is 1. The van der Waals surface area contributed by atoms with Gasteiger partial charge in [0.15, 0.2) is 0 Å². The highest BCUT2D eigenvalue weighted by Crippen LogP contribution is 2.18. The Labute approximate surface area is 90.3 Å². The van der Waals surface area contributed by atoms with Crippen LogP contribution in [0.3, 0.4) is 0 Å². The zero-order chi connectivity index (χ0) is 11.4. The zero-order valence-electron chi connectivity index (χ0n) is 9.16. The van der Waals surface area contributed by atoms with Gasteiger partial charge in [0.1, 0.15) is 0 Å². The second-order valence-electron chi connectivity index (χ2n) is 3.94. The predicted molar refractivity (Wildman–Crippen MR) is 61.0 cm³/mol. The molecule has 0 heterocycles. The van der Waals surface area contributed by atoms with Crippen LogP contribution in [-0.4, -0.2) is 11.1 Å². The third-order valence-corrected chi connectivity index (χ3v) is 2.33. The summed E-state index contributed by atoms with van der Waals surface area (Å²) in [7, 11) is 0. The summed E-state index contributed by atoms with van der Waals surface area (Å²) in [5, 5.41) is 8.89. The van der Waals surface area contributed by atoms with Crippen molar-refractivity contribution in [3.8, 4) is 0 Å². The Morgan fingerprint density at radius 2 is 2.20 bits per heavy atom. The molecule has 1 aromatic carbocycles. The fourth-order valence-electron chi connectivity index (χ4n) is 1.46. The van der Waals surface area contributed by atoms with E-state index in [0.29, 0.717) is 0 Å². The van der Waals surface area contributed by atoms with Gasteiger partial charge in [-0.05, 0) is 31.4 Å². The van der Waals surface area contributed by atoms with E-state index in [2.05, 4.69) is 6.58 Å². The van der Waals surface area contributed by atoms with Crippen molar-refractivity contribution in [3.63, 3.8) is 0 Å². The molecule has 0 saturated carbocycles. The van der Waals surface area contributed by atoms with Crippen molar-refractivity contribution in [3.05, 3.63) is 47.5 Å². The summed E-state index contributed by atoms with van der Waals surface area (Å²) >= 11 is 0. The SMILES string of the molecule is C=C(C)Cc1cccc([C@H](C)C(=O)O)c1. The third-order valence-electron chi connectivity index (χ3n) is 2.33. The maximum atomic E-state index is 10.8. The Morgan fingerprint density at radius 1 is 1.53 bits per heavy atom. The van der Waals surface area contributed by atoms with Gasteiger partial charge in [-0.25, -0.2) is 0 Å². The van der Waals surface area contributed by atoms with Crippen LogP contribution in [-0.2, 0) is 11.2 Å². The molecular weight excluding hydrogens is 188 g/mol. The first kappa shape index (κ1) is 11.5. The molecule has 1 aromatic rings. The lowest BCUT2D eigenvalue weighted by Crippen LogP contribution is -2.07. The van der Waals surface area contributed by atoms with Crippen molar-refractivity contribution < 1.29 is 9.90 Å². The largest absolute Gasteiger partial charge is 0.481 e. The summed E-state index contributed by atoms with van der Waals surface area (Å²) in [6.07, 6.45) is 0.806. The van der Waals surface area contributed by atoms with E-state index in [1.165, 1.54) is 0 Å². The fourth-order valence-corrected chi connectivity index (χ4v) is 1.46. The Kier molecular flexibility index (Phi) is 3.67. The lowest BCUT2D eigenvalue weighted by molar-refractivity contribution is -0.138. The van der Waals surface area contributed by atoms with E-state index >= 15 is 0 Å². The monoisotopic (exact) mass is 204 g/mol. The maximum Gasteiger partial charge on any atom is 0.310 e. The summed E-state index contributed by atoms with van der Waals surface area (Å²) in [6.45, 7) is 7.51. The van der Waals surface area contributed by atoms with E-state index in [1.54, 1.807) is 6.92 Å². The van der Waals surface area contributed by atoms with Crippen molar-refractivity contribution in [2.45, 2.75) is 26.2 Å². The predicted octanol–water partition coefficient (Wildman–Crippen LogP) is 2.99. The lowest BCUT2D eigenvalue weighted by Gasteiger charge is -2.08. The number of allylic oxidation sites excluding steroid dienone is 1. The van der Waals surface area contributed by atoms with E-state index in [-0.39, 0.29) is 0 Å². The first-order valence-electron chi connectivity index (χ1n) is 4.96. The van der Waals surface area contributed by atoms with Gasteiger partial charge in [0.2, 0.25) is 0 Å². The van der Waals surface area contributed by atoms with Crippen LogP contribution in [0.5, 0.6) is 0 Å². The second kappa shape index (κ2) is 4.78. The number of hydrogen-bond donors (Lipinski definition) is 1. The summed E-state index contributed by atoms with van der Waals surface area (Å²) < 4.78 is 0. The molecule has 1 N–H and O–H groups in total. The van der Waals surface area contributed by atoms with Crippen LogP contribution < -0.4 is 0 Å². The summed E-state index contributed by atoms with van der Waals surface area (Å²) in [6, 6.07) is 7.67. The van der Waals surface area contributed by atoms with Crippen molar-refractivity contribution in [2.24, 2.45) is 0 Å². The van der Waals surface area contributed by atoms with Crippen molar-refractivity contribution in [1.29, 1.82) is 0 Å². The van der Waals surface area contributed by atoms with Gasteiger partial charge in [-0.15, -0.1) is 0 Å². The molecule has 0 spiro atoms. The average molecular weight is 204 g/mol. The van der Waals surface area contributed by atoms with Crippen LogP contribution in [0.15, 0.2) is 36.4 Å². The Balaban J connectivity index is 2.92. The van der Waals surface area contributed by atoms with E-state index < -0.39 is 11.9 Å². The van der Waals surface area contributed by atoms with E-state index in [0.717, 1.165) is 23.1 Å². The molecular formula is C13H16O2. The number of carboxylic acids is 1. The van der Waals surface area contributed by atoms with Crippen LogP contribution in [0.25, 0.3) is 0 Å². The van der Waals surface area contributed by atoms with Gasteiger partial charge >= 0.3 is 5.97 Å². The van der Waals surface area contributed by atoms with Gasteiger partial charge in [0, 0.05) is 0 Å². The molecule has 0 aliphatic carbocycles. The highest BCUT2D eigenvalue weighted by atomic mass is 16.4. The minimum absolute atomic E-state index is 0.449. The fraction of sp³-hybridized carbons (Fsp3) is 0.308. The van der Waals surface area contributed by atoms with Crippen LogP contribution in [0.2, 0.25) is 0 Å². The molecule has 1 rings (SSSR count). The quantitative estimate of drug-likeness (QED) is 0.765. The van der Waals surface area contributed by atoms with Gasteiger partial charge in [0.25, 0.3) is 0 Å². The summed E-state index contributed by atoms with van der Waals surface area (Å²) in [5.74, 6) is -1.24. The molecule has 0 aliphatic rings. The van der Waals surface area contributed by atoms with Crippen molar-refractivity contribution in [1.82, 2.24) is 0 Å². The Hall–Kier alpha value is -1.57. The molecule has 15 heavy (non-hydrogen) atoms. The molecule has 0 radical (unpaired) electrons. The van der Waals surface area contributed by atoms with Crippen LogP contribution >= 0.6 is 0 Å². The van der Waals surface area contributed by atoms with Gasteiger partial charge in [-0.1, -0.05) is 36.4 Å². The number of carbonyl (C=O) groups is 1. The van der Waals surface area contributed by atoms with Gasteiger partial charge in [-0.3, -0.25) is 4.79 Å². The third kappa shape index (κ3) is 3.24. The van der Waals surface area contributed by atoms with Crippen LogP contribution in [0.1, 0.15) is 30.9 Å². The van der Waals surface area contributed by atoms with E-state index in [4.69, 9.17) is 5.11 Å². The number of benzene rings is 1. The van der Waals surface area contributed by atoms with Crippen molar-refractivity contribution in [2.75, 3.05) is 0 Å². The molecule has 0 bridgehead atoms. The standard InChI is InChI=1S/C13H16O2/c1-9(2)7-11-5-4-6-12(8-11)10(3)13(14)15/h4-6,8,10H,1,7H2,2-3H3,(H,14,15)/t10-/m0/s1. The molecule has 2 heteroatoms.